The van der Waals surface area contributed by atoms with E-state index in [4.69, 9.17) is 5.73 Å². The van der Waals surface area contributed by atoms with Crippen molar-refractivity contribution in [2.24, 2.45) is 5.73 Å². The first kappa shape index (κ1) is 13.4. The largest absolute Gasteiger partial charge is 0.370 e. The second-order valence-electron chi connectivity index (χ2n) is 3.38. The third-order valence-corrected chi connectivity index (χ3v) is 4.04. The molecule has 0 aliphatic rings. The first-order valence-corrected chi connectivity index (χ1v) is 6.28. The molecule has 5 nitrogen and oxygen atoms in total. The molecule has 84 valence electrons. The lowest BCUT2D eigenvalue weighted by Gasteiger charge is -2.07. The number of nitrogens with one attached hydrogen (secondary N) is 1. The van der Waals surface area contributed by atoms with Gasteiger partial charge in [0.05, 0.1) is 11.0 Å². The van der Waals surface area contributed by atoms with Crippen LogP contribution < -0.4 is 11.1 Å². The quantitative estimate of drug-likeness (QED) is 0.556. The molecule has 0 spiro atoms. The molecule has 0 aliphatic heterocycles. The maximum absolute atomic E-state index is 11.3. The molecular formula is C8H18N2O3S. The minimum absolute atomic E-state index is 0.101. The van der Waals surface area contributed by atoms with Gasteiger partial charge in [0.1, 0.15) is 0 Å². The molecule has 0 saturated carbocycles. The Bertz CT molecular complexity index is 272. The third kappa shape index (κ3) is 5.93. The average Bonchev–Trinajstić information content (AvgIpc) is 2.02. The number of primary amides is 1. The van der Waals surface area contributed by atoms with Crippen molar-refractivity contribution >= 4 is 15.7 Å². The van der Waals surface area contributed by atoms with E-state index in [0.717, 1.165) is 0 Å². The molecular weight excluding hydrogens is 204 g/mol. The summed E-state index contributed by atoms with van der Waals surface area (Å²) in [5.41, 5.74) is 4.91. The lowest BCUT2D eigenvalue weighted by atomic mass is 10.4. The molecule has 14 heavy (non-hydrogen) atoms. The van der Waals surface area contributed by atoms with Gasteiger partial charge in [-0.15, -0.1) is 0 Å². The highest BCUT2D eigenvalue weighted by Gasteiger charge is 2.14. The van der Waals surface area contributed by atoms with Crippen molar-refractivity contribution in [1.82, 2.24) is 5.32 Å². The molecule has 0 saturated heterocycles. The van der Waals surface area contributed by atoms with Gasteiger partial charge < -0.3 is 11.1 Å². The van der Waals surface area contributed by atoms with Crippen molar-refractivity contribution in [2.75, 3.05) is 18.8 Å². The molecule has 0 unspecified atom stereocenters. The van der Waals surface area contributed by atoms with Gasteiger partial charge in [0, 0.05) is 19.5 Å². The zero-order chi connectivity index (χ0) is 11.2. The second-order valence-corrected chi connectivity index (χ2v) is 6.06. The molecule has 0 bridgehead atoms. The third-order valence-electron chi connectivity index (χ3n) is 1.83. The monoisotopic (exact) mass is 222 g/mol. The van der Waals surface area contributed by atoms with Crippen molar-refractivity contribution in [2.45, 2.75) is 25.5 Å². The van der Waals surface area contributed by atoms with Crippen LogP contribution in [-0.2, 0) is 14.6 Å². The van der Waals surface area contributed by atoms with E-state index in [-0.39, 0.29) is 23.3 Å². The summed E-state index contributed by atoms with van der Waals surface area (Å²) in [6, 6.07) is 0. The van der Waals surface area contributed by atoms with Crippen molar-refractivity contribution in [3.05, 3.63) is 0 Å². The Morgan fingerprint density at radius 1 is 1.36 bits per heavy atom. The highest BCUT2D eigenvalue weighted by atomic mass is 32.2. The molecule has 0 fully saturated rings. The Morgan fingerprint density at radius 3 is 2.36 bits per heavy atom. The van der Waals surface area contributed by atoms with Crippen molar-refractivity contribution in [1.29, 1.82) is 0 Å². The number of hydrogen-bond acceptors (Lipinski definition) is 4. The topological polar surface area (TPSA) is 89.3 Å². The molecule has 0 aromatic rings. The molecule has 0 aromatic carbocycles. The maximum atomic E-state index is 11.3. The number of carbonyl (C=O) groups excluding carboxylic acids is 1. The molecule has 3 N–H and O–H groups in total. The molecule has 0 aromatic heterocycles. The highest BCUT2D eigenvalue weighted by Crippen LogP contribution is 1.98. The summed E-state index contributed by atoms with van der Waals surface area (Å²) in [6.07, 6.45) is 0.238. The van der Waals surface area contributed by atoms with E-state index >= 15 is 0 Å². The Balaban J connectivity index is 3.60. The normalized spacial score (nSPS) is 11.9. The van der Waals surface area contributed by atoms with Crippen molar-refractivity contribution < 1.29 is 13.2 Å². The Morgan fingerprint density at radius 2 is 1.93 bits per heavy atom. The number of rotatable bonds is 7. The van der Waals surface area contributed by atoms with Crippen molar-refractivity contribution in [3.8, 4) is 0 Å². The first-order chi connectivity index (χ1) is 6.36. The van der Waals surface area contributed by atoms with E-state index in [1.54, 1.807) is 13.8 Å². The van der Waals surface area contributed by atoms with Crippen LogP contribution in [0.1, 0.15) is 20.3 Å². The van der Waals surface area contributed by atoms with Gasteiger partial charge in [0.15, 0.2) is 9.84 Å². The number of nitrogens with two attached hydrogens (primary N) is 1. The van der Waals surface area contributed by atoms with Gasteiger partial charge in [0.2, 0.25) is 5.91 Å². The van der Waals surface area contributed by atoms with E-state index in [1.165, 1.54) is 0 Å². The van der Waals surface area contributed by atoms with Gasteiger partial charge in [0.25, 0.3) is 0 Å². The summed E-state index contributed by atoms with van der Waals surface area (Å²) >= 11 is 0. The van der Waals surface area contributed by atoms with E-state index in [2.05, 4.69) is 5.32 Å². The molecule has 0 rings (SSSR count). The summed E-state index contributed by atoms with van der Waals surface area (Å²) in [6.45, 7) is 4.11. The van der Waals surface area contributed by atoms with Crippen LogP contribution in [0.5, 0.6) is 0 Å². The highest BCUT2D eigenvalue weighted by molar-refractivity contribution is 7.92. The minimum atomic E-state index is -2.98. The zero-order valence-electron chi connectivity index (χ0n) is 8.62. The number of amides is 1. The van der Waals surface area contributed by atoms with E-state index < -0.39 is 9.84 Å². The van der Waals surface area contributed by atoms with Crippen LogP contribution in [0.4, 0.5) is 0 Å². The summed E-state index contributed by atoms with van der Waals surface area (Å²) in [5.74, 6) is -0.284. The maximum Gasteiger partial charge on any atom is 0.218 e. The van der Waals surface area contributed by atoms with Gasteiger partial charge in [-0.05, 0) is 13.8 Å². The smallest absolute Gasteiger partial charge is 0.218 e. The Kier molecular flexibility index (Phi) is 5.71. The molecule has 1 amide bonds. The number of sulfone groups is 1. The Labute approximate surface area is 85.0 Å². The number of hydrogen-bond donors (Lipinski definition) is 2. The standard InChI is InChI=1S/C8H18N2O3S/c1-7(2)14(12,13)6-5-10-4-3-8(9)11/h7,10H,3-6H2,1-2H3,(H2,9,11). The van der Waals surface area contributed by atoms with Crippen LogP contribution in [0.2, 0.25) is 0 Å². The number of carbonyl (C=O) groups is 1. The molecule has 0 radical (unpaired) electrons. The molecule has 0 aliphatic carbocycles. The summed E-state index contributed by atoms with van der Waals surface area (Å²) < 4.78 is 22.6. The lowest BCUT2D eigenvalue weighted by molar-refractivity contribution is -0.117. The summed E-state index contributed by atoms with van der Waals surface area (Å²) in [5, 5.41) is 2.50. The molecule has 6 heteroatoms. The average molecular weight is 222 g/mol. The predicted octanol–water partition coefficient (Wildman–Crippen LogP) is -0.725. The van der Waals surface area contributed by atoms with Crippen LogP contribution in [0.25, 0.3) is 0 Å². The Hall–Kier alpha value is -0.620. The van der Waals surface area contributed by atoms with Crippen LogP contribution in [0, 0.1) is 0 Å². The van der Waals surface area contributed by atoms with Crippen LogP contribution in [0.15, 0.2) is 0 Å². The van der Waals surface area contributed by atoms with Crippen LogP contribution >= 0.6 is 0 Å². The fraction of sp³-hybridized carbons (Fsp3) is 0.875. The van der Waals surface area contributed by atoms with Crippen LogP contribution in [-0.4, -0.2) is 38.4 Å². The summed E-state index contributed by atoms with van der Waals surface area (Å²) in [4.78, 5) is 10.3. The molecule has 0 heterocycles. The minimum Gasteiger partial charge on any atom is -0.370 e. The molecule has 0 atom stereocenters. The fourth-order valence-corrected chi connectivity index (χ4v) is 1.69. The van der Waals surface area contributed by atoms with E-state index in [0.29, 0.717) is 13.1 Å². The van der Waals surface area contributed by atoms with Gasteiger partial charge in [-0.2, -0.15) is 0 Å². The predicted molar refractivity (Wildman–Crippen MR) is 55.6 cm³/mol. The second kappa shape index (κ2) is 5.98. The lowest BCUT2D eigenvalue weighted by Crippen LogP contribution is -2.29. The van der Waals surface area contributed by atoms with Crippen LogP contribution in [0.3, 0.4) is 0 Å². The van der Waals surface area contributed by atoms with E-state index in [9.17, 15) is 13.2 Å². The first-order valence-electron chi connectivity index (χ1n) is 4.57. The van der Waals surface area contributed by atoms with Gasteiger partial charge >= 0.3 is 0 Å². The van der Waals surface area contributed by atoms with Crippen molar-refractivity contribution in [3.63, 3.8) is 0 Å². The summed E-state index contributed by atoms with van der Waals surface area (Å²) in [7, 11) is -2.98. The van der Waals surface area contributed by atoms with Gasteiger partial charge in [-0.1, -0.05) is 0 Å². The fourth-order valence-electron chi connectivity index (χ4n) is 0.787. The zero-order valence-corrected chi connectivity index (χ0v) is 9.43. The SMILES string of the molecule is CC(C)S(=O)(=O)CCNCCC(N)=O. The van der Waals surface area contributed by atoms with Gasteiger partial charge in [-0.25, -0.2) is 8.42 Å². The van der Waals surface area contributed by atoms with Gasteiger partial charge in [-0.3, -0.25) is 4.79 Å². The van der Waals surface area contributed by atoms with E-state index in [1.807, 2.05) is 0 Å².